The maximum absolute atomic E-state index is 12.1. The number of aliphatic imine (C=N–C) groups is 2. The van der Waals surface area contributed by atoms with Gasteiger partial charge in [-0.25, -0.2) is 0 Å². The summed E-state index contributed by atoms with van der Waals surface area (Å²) in [5, 5.41) is 19.4. The minimum absolute atomic E-state index is 0.0301. The maximum Gasteiger partial charge on any atom is 0.275 e. The molecule has 1 aromatic rings. The quantitative estimate of drug-likeness (QED) is 0.0213. The fraction of sp³-hybridized carbons (Fsp3) is 0.576. The summed E-state index contributed by atoms with van der Waals surface area (Å²) in [6.07, 6.45) is 6.19. The Kier molecular flexibility index (Phi) is 51.7. The van der Waals surface area contributed by atoms with Crippen LogP contribution in [-0.2, 0) is 76.6 Å². The van der Waals surface area contributed by atoms with Crippen molar-refractivity contribution < 1.29 is 91.2 Å². The topological polar surface area (TPSA) is 871 Å². The van der Waals surface area contributed by atoms with Gasteiger partial charge in [0.2, 0.25) is 94.2 Å². The van der Waals surface area contributed by atoms with Gasteiger partial charge in [-0.3, -0.25) is 97.3 Å². The van der Waals surface area contributed by atoms with Gasteiger partial charge in [0, 0.05) is 30.8 Å². The second kappa shape index (κ2) is 55.5. The van der Waals surface area contributed by atoms with Gasteiger partial charge >= 0.3 is 0 Å². The van der Waals surface area contributed by atoms with E-state index in [0.29, 0.717) is 50.3 Å². The molecule has 111 heavy (non-hydrogen) atoms. The van der Waals surface area contributed by atoms with Crippen molar-refractivity contribution in [3.63, 3.8) is 0 Å². The fourth-order valence-electron chi connectivity index (χ4n) is 8.54. The fourth-order valence-corrected chi connectivity index (χ4v) is 8.54. The molecule has 0 spiro atoms. The van der Waals surface area contributed by atoms with Crippen molar-refractivity contribution in [2.45, 2.75) is 211 Å². The normalized spacial score (nSPS) is 15.9. The second-order valence-electron chi connectivity index (χ2n) is 24.6. The molecule has 3 rings (SSSR count). The molecule has 14 amide bonds. The standard InChI is InChI=1S/C21H34N12O7.C21H36N6O5.C12H18O4.2C4H9N3O2.C4H10O/c1-6(22)7(2-11(23)34)30-15-16(31-8(19(27)38)3-12(24)35)18(33-10(21(29)40)5-14(26)37)17(15)32-9(20(28)39)4-13(25)36;1-4-6-8-31-19-17(26-13(12(3)22)10-15(23)28)18(20(19)32-9-7-5-2)27-14(21(25)30)11-16(24)29;1-3-5-7-15-11-9(13)10(14)12(11)16-8-6-4-2;2*5-2(4(7)9)1-3(6)8;1-2-3-4-5/h7-10,15,30-31,33H,1-5,22H2,(H2,23,34)(H2,24,35)(H2,25,36)(H2,26,37)(H2,27,38)(H2,28,39)(H2,29,40);13-14,17,26H,3-11,22H2,1-2H3,(H2,23,28)(H2,24,29)(H2,25,30);3-8H2,1-2H3;2*2H,1,5H2,(H2,6,8)(H2,7,9);5H,2-4H2,1H3. The molecule has 0 radical (unpaired) electrons. The highest BCUT2D eigenvalue weighted by atomic mass is 16.5. The van der Waals surface area contributed by atoms with Gasteiger partial charge in [0.05, 0.1) is 112 Å². The highest BCUT2D eigenvalue weighted by molar-refractivity contribution is 6.15. The number of aliphatic hydroxyl groups is 1. The van der Waals surface area contributed by atoms with Crippen molar-refractivity contribution in [3.8, 4) is 11.5 Å². The Labute approximate surface area is 640 Å². The van der Waals surface area contributed by atoms with Gasteiger partial charge in [-0.1, -0.05) is 79.9 Å². The molecule has 10 unspecified atom stereocenters. The average Bonchev–Trinajstić information content (AvgIpc) is 0.763. The Morgan fingerprint density at radius 1 is 0.387 bits per heavy atom. The number of primary amides is 14. The largest absolute Gasteiger partial charge is 0.492 e. The van der Waals surface area contributed by atoms with E-state index in [1.165, 1.54) is 0 Å². The summed E-state index contributed by atoms with van der Waals surface area (Å²) in [4.78, 5) is 188. The van der Waals surface area contributed by atoms with Gasteiger partial charge in [0.15, 0.2) is 11.5 Å². The Morgan fingerprint density at radius 2 is 0.694 bits per heavy atom. The van der Waals surface area contributed by atoms with Gasteiger partial charge in [-0.2, -0.15) is 0 Å². The van der Waals surface area contributed by atoms with Gasteiger partial charge in [-0.05, 0) is 32.1 Å². The summed E-state index contributed by atoms with van der Waals surface area (Å²) < 4.78 is 22.3. The molecule has 2 aliphatic rings. The number of nitrogens with one attached hydrogen (secondary N) is 4. The molecule has 45 heteroatoms. The van der Waals surface area contributed by atoms with Gasteiger partial charge < -0.3 is 138 Å². The number of aliphatic hydroxyl groups excluding tert-OH is 1. The van der Waals surface area contributed by atoms with Crippen LogP contribution >= 0.6 is 0 Å². The van der Waals surface area contributed by atoms with E-state index in [4.69, 9.17) is 127 Å². The number of nitrogens with zero attached hydrogens (tertiary/aromatic N) is 2. The third-order valence-corrected chi connectivity index (χ3v) is 14.6. The zero-order chi connectivity index (χ0) is 86.1. The molecule has 0 saturated heterocycles. The molecule has 0 aliphatic heterocycles. The van der Waals surface area contributed by atoms with E-state index < -0.39 is 173 Å². The summed E-state index contributed by atoms with van der Waals surface area (Å²) in [5.74, 6) is -10.4. The molecule has 0 heterocycles. The van der Waals surface area contributed by atoms with Crippen LogP contribution in [0.15, 0.2) is 67.0 Å². The van der Waals surface area contributed by atoms with E-state index in [2.05, 4.69) is 51.3 Å². The third-order valence-electron chi connectivity index (χ3n) is 14.6. The van der Waals surface area contributed by atoms with Crippen LogP contribution in [0.25, 0.3) is 0 Å². The van der Waals surface area contributed by atoms with Crippen molar-refractivity contribution in [1.29, 1.82) is 0 Å². The van der Waals surface area contributed by atoms with Gasteiger partial charge in [0.25, 0.3) is 10.9 Å². The number of nitrogens with two attached hydrogens (primary N) is 18. The average molecular weight is 1580 g/mol. The highest BCUT2D eigenvalue weighted by Gasteiger charge is 2.45. The first-order valence-corrected chi connectivity index (χ1v) is 34.8. The van der Waals surface area contributed by atoms with Crippen LogP contribution in [0.5, 0.6) is 11.5 Å². The Morgan fingerprint density at radius 3 is 0.973 bits per heavy atom. The van der Waals surface area contributed by atoms with Crippen molar-refractivity contribution in [3.05, 3.63) is 67.9 Å². The Bertz CT molecular complexity index is 3480. The molecule has 10 atom stereocenters. The van der Waals surface area contributed by atoms with E-state index >= 15 is 0 Å². The number of carbonyl (C=O) groups is 14. The van der Waals surface area contributed by atoms with Crippen LogP contribution < -0.4 is 145 Å². The molecule has 0 bridgehead atoms. The molecular formula is C66H116N24O21. The molecule has 0 fully saturated rings. The summed E-state index contributed by atoms with van der Waals surface area (Å²) >= 11 is 0. The monoisotopic (exact) mass is 1580 g/mol. The van der Waals surface area contributed by atoms with E-state index in [0.717, 1.165) is 64.2 Å². The predicted octanol–water partition coefficient (Wildman–Crippen LogP) is -9.85. The molecule has 41 N–H and O–H groups in total. The lowest BCUT2D eigenvalue weighted by atomic mass is 9.87. The van der Waals surface area contributed by atoms with E-state index in [1.807, 2.05) is 27.7 Å². The van der Waals surface area contributed by atoms with Crippen LogP contribution in [-0.4, -0.2) is 193 Å². The van der Waals surface area contributed by atoms with Crippen LogP contribution in [0, 0.1) is 0 Å². The number of carbonyl (C=O) groups excluding carboxylic acids is 14. The van der Waals surface area contributed by atoms with Gasteiger partial charge in [0.1, 0.15) is 35.9 Å². The zero-order valence-corrected chi connectivity index (χ0v) is 63.4. The number of hydrogen-bond donors (Lipinski definition) is 23. The lowest BCUT2D eigenvalue weighted by Gasteiger charge is -2.41. The van der Waals surface area contributed by atoms with Crippen LogP contribution in [0.2, 0.25) is 0 Å². The molecular weight excluding hydrogens is 1460 g/mol. The Balaban J connectivity index is -0.00000144. The SMILES string of the molecule is C=C(N)C(CC(N)=O)NC1C(=NC(CC(N)=O)C(N)=O)C(NC(CC(N)=O)C(N)=O)=C1NC(CC(N)=O)C(N)=O.C=C(N)C(CC(N)=O)NC1C(=NC(CC(N)=O)C(N)=O)C(OCCCC)=C1OCCCC.CCCCO.CCCCOc1c(OCCCC)c(=O)c1=O.NC(=O)CC(N)C(N)=O.NC(=O)CC(N)C(N)=O. The number of unbranched alkanes of at least 4 members (excludes halogenated alkanes) is 5. The minimum Gasteiger partial charge on any atom is -0.492 e. The smallest absolute Gasteiger partial charge is 0.275 e. The first-order valence-electron chi connectivity index (χ1n) is 34.8. The molecule has 0 aromatic heterocycles. The molecule has 0 saturated carbocycles. The number of hydrogen-bond acceptors (Lipinski definition) is 31. The summed E-state index contributed by atoms with van der Waals surface area (Å²) in [6.45, 7) is 19.6. The summed E-state index contributed by atoms with van der Waals surface area (Å²) in [5.41, 5.74) is 92.7. The molecule has 1 aromatic carbocycles. The second-order valence-corrected chi connectivity index (χ2v) is 24.6. The van der Waals surface area contributed by atoms with E-state index in [-0.39, 0.29) is 72.1 Å². The van der Waals surface area contributed by atoms with Crippen molar-refractivity contribution in [2.24, 2.45) is 113 Å². The first-order chi connectivity index (χ1) is 51.8. The van der Waals surface area contributed by atoms with Crippen LogP contribution in [0.1, 0.15) is 150 Å². The van der Waals surface area contributed by atoms with E-state index in [1.54, 1.807) is 0 Å². The first kappa shape index (κ1) is 103. The minimum atomic E-state index is -1.52. The zero-order valence-electron chi connectivity index (χ0n) is 63.4. The number of ether oxygens (including phenoxy) is 4. The highest BCUT2D eigenvalue weighted by Crippen LogP contribution is 2.32. The van der Waals surface area contributed by atoms with E-state index in [9.17, 15) is 76.7 Å². The molecule has 45 nitrogen and oxygen atoms in total. The Hall–Kier alpha value is -11.8. The maximum atomic E-state index is 12.1. The van der Waals surface area contributed by atoms with Crippen LogP contribution in [0.4, 0.5) is 0 Å². The molecule has 2 aliphatic carbocycles. The third kappa shape index (κ3) is 42.5. The van der Waals surface area contributed by atoms with Gasteiger partial charge in [-0.15, -0.1) is 0 Å². The summed E-state index contributed by atoms with van der Waals surface area (Å²) in [6, 6.07) is -11.0. The molecule has 626 valence electrons. The predicted molar refractivity (Wildman–Crippen MR) is 406 cm³/mol. The van der Waals surface area contributed by atoms with Crippen LogP contribution in [0.3, 0.4) is 0 Å². The number of amides is 14. The van der Waals surface area contributed by atoms with Crippen molar-refractivity contribution in [1.82, 2.24) is 21.3 Å². The number of rotatable bonds is 52. The van der Waals surface area contributed by atoms with Crippen molar-refractivity contribution in [2.75, 3.05) is 33.0 Å². The van der Waals surface area contributed by atoms with Crippen molar-refractivity contribution >= 4 is 94.1 Å². The lowest BCUT2D eigenvalue weighted by Crippen LogP contribution is -2.63. The summed E-state index contributed by atoms with van der Waals surface area (Å²) in [7, 11) is 0. The lowest BCUT2D eigenvalue weighted by molar-refractivity contribution is -0.125.